The zero-order valence-corrected chi connectivity index (χ0v) is 13.7. The zero-order valence-electron chi connectivity index (χ0n) is 12.9. The predicted octanol–water partition coefficient (Wildman–Crippen LogP) is 2.46. The highest BCUT2D eigenvalue weighted by atomic mass is 32.2. The molecule has 3 rings (SSSR count). The maximum atomic E-state index is 12.2. The second-order valence-corrected chi connectivity index (χ2v) is 6.53. The fourth-order valence-electron chi connectivity index (χ4n) is 2.94. The van der Waals surface area contributed by atoms with Gasteiger partial charge in [0.25, 0.3) is 0 Å². The Morgan fingerprint density at radius 1 is 1.32 bits per heavy atom. The largest absolute Gasteiger partial charge is 0.493 e. The maximum Gasteiger partial charge on any atom is 0.233 e. The molecule has 0 saturated carbocycles. The minimum absolute atomic E-state index is 0.0245. The summed E-state index contributed by atoms with van der Waals surface area (Å²) < 4.78 is 16.3. The molecule has 2 heterocycles. The van der Waals surface area contributed by atoms with Gasteiger partial charge in [-0.2, -0.15) is 0 Å². The van der Waals surface area contributed by atoms with E-state index in [4.69, 9.17) is 14.2 Å². The van der Waals surface area contributed by atoms with Crippen LogP contribution in [0.25, 0.3) is 0 Å². The first-order valence-electron chi connectivity index (χ1n) is 7.47. The third kappa shape index (κ3) is 3.03. The summed E-state index contributed by atoms with van der Waals surface area (Å²) in [6.07, 6.45) is 2.29. The van der Waals surface area contributed by atoms with E-state index in [1.165, 1.54) is 0 Å². The third-order valence-corrected chi connectivity index (χ3v) is 5.34. The minimum atomic E-state index is 0.0245. The number of rotatable bonds is 5. The molecule has 0 spiro atoms. The van der Waals surface area contributed by atoms with E-state index in [0.29, 0.717) is 23.8 Å². The summed E-state index contributed by atoms with van der Waals surface area (Å²) in [5.74, 6) is 2.09. The van der Waals surface area contributed by atoms with Gasteiger partial charge in [0.05, 0.1) is 26.1 Å². The SMILES string of the molecule is COc1ccc([C@H]2SCC(=O)N2C[C@H]2CCCO2)cc1OC. The van der Waals surface area contributed by atoms with Crippen molar-refractivity contribution in [3.05, 3.63) is 23.8 Å². The van der Waals surface area contributed by atoms with Crippen molar-refractivity contribution >= 4 is 17.7 Å². The van der Waals surface area contributed by atoms with Gasteiger partial charge in [0.2, 0.25) is 5.91 Å². The van der Waals surface area contributed by atoms with E-state index in [0.717, 1.165) is 25.0 Å². The van der Waals surface area contributed by atoms with Crippen LogP contribution in [0.15, 0.2) is 18.2 Å². The smallest absolute Gasteiger partial charge is 0.233 e. The van der Waals surface area contributed by atoms with Crippen LogP contribution >= 0.6 is 11.8 Å². The van der Waals surface area contributed by atoms with Crippen LogP contribution in [0, 0.1) is 0 Å². The molecule has 2 aliphatic rings. The Hall–Kier alpha value is -1.40. The molecule has 0 aliphatic carbocycles. The Morgan fingerprint density at radius 3 is 2.82 bits per heavy atom. The molecule has 0 N–H and O–H groups in total. The molecule has 0 unspecified atom stereocenters. The molecule has 120 valence electrons. The van der Waals surface area contributed by atoms with Crippen LogP contribution in [0.2, 0.25) is 0 Å². The summed E-state index contributed by atoms with van der Waals surface area (Å²) in [4.78, 5) is 14.1. The molecule has 0 radical (unpaired) electrons. The standard InChI is InChI=1S/C16H21NO4S/c1-19-13-6-5-11(8-14(13)20-2)16-17(15(18)10-22-16)9-12-4-3-7-21-12/h5-6,8,12,16H,3-4,7,9-10H2,1-2H3/t12-,16-/m1/s1. The van der Waals surface area contributed by atoms with Crippen LogP contribution in [0.4, 0.5) is 0 Å². The molecule has 6 heteroatoms. The zero-order chi connectivity index (χ0) is 15.5. The number of methoxy groups -OCH3 is 2. The van der Waals surface area contributed by atoms with Gasteiger partial charge in [-0.15, -0.1) is 11.8 Å². The Bertz CT molecular complexity index is 545. The van der Waals surface area contributed by atoms with Crippen molar-refractivity contribution in [2.24, 2.45) is 0 Å². The lowest BCUT2D eigenvalue weighted by Crippen LogP contribution is -2.35. The van der Waals surface area contributed by atoms with E-state index in [-0.39, 0.29) is 17.4 Å². The summed E-state index contributed by atoms with van der Waals surface area (Å²) in [6, 6.07) is 5.85. The van der Waals surface area contributed by atoms with E-state index in [2.05, 4.69) is 0 Å². The number of amides is 1. The van der Waals surface area contributed by atoms with Gasteiger partial charge < -0.3 is 19.1 Å². The van der Waals surface area contributed by atoms with Gasteiger partial charge in [-0.25, -0.2) is 0 Å². The monoisotopic (exact) mass is 323 g/mol. The number of thioether (sulfide) groups is 1. The predicted molar refractivity (Wildman–Crippen MR) is 85.4 cm³/mol. The lowest BCUT2D eigenvalue weighted by molar-refractivity contribution is -0.129. The van der Waals surface area contributed by atoms with Crippen LogP contribution in [0.5, 0.6) is 11.5 Å². The molecular weight excluding hydrogens is 302 g/mol. The van der Waals surface area contributed by atoms with Crippen molar-refractivity contribution < 1.29 is 19.0 Å². The molecule has 1 amide bonds. The fourth-order valence-corrected chi connectivity index (χ4v) is 4.13. The number of nitrogens with zero attached hydrogens (tertiary/aromatic N) is 1. The fraction of sp³-hybridized carbons (Fsp3) is 0.562. The van der Waals surface area contributed by atoms with Gasteiger partial charge in [-0.05, 0) is 30.5 Å². The van der Waals surface area contributed by atoms with Crippen LogP contribution in [0.1, 0.15) is 23.8 Å². The second kappa shape index (κ2) is 6.79. The molecule has 22 heavy (non-hydrogen) atoms. The quantitative estimate of drug-likeness (QED) is 0.833. The molecule has 0 bridgehead atoms. The van der Waals surface area contributed by atoms with Crippen LogP contribution < -0.4 is 9.47 Å². The molecule has 1 aromatic carbocycles. The first kappa shape index (κ1) is 15.5. The van der Waals surface area contributed by atoms with Crippen molar-refractivity contribution in [2.75, 3.05) is 33.1 Å². The van der Waals surface area contributed by atoms with Crippen molar-refractivity contribution in [1.82, 2.24) is 4.90 Å². The van der Waals surface area contributed by atoms with Gasteiger partial charge in [0.15, 0.2) is 11.5 Å². The molecule has 2 fully saturated rings. The summed E-state index contributed by atoms with van der Waals surface area (Å²) in [5.41, 5.74) is 1.06. The molecule has 2 atom stereocenters. The van der Waals surface area contributed by atoms with Crippen molar-refractivity contribution in [1.29, 1.82) is 0 Å². The number of carbonyl (C=O) groups is 1. The van der Waals surface area contributed by atoms with E-state index in [1.807, 2.05) is 23.1 Å². The second-order valence-electron chi connectivity index (χ2n) is 5.46. The maximum absolute atomic E-state index is 12.2. The van der Waals surface area contributed by atoms with Crippen LogP contribution in [-0.4, -0.2) is 50.0 Å². The normalized spacial score (nSPS) is 24.8. The topological polar surface area (TPSA) is 48.0 Å². The molecular formula is C16H21NO4S. The number of carbonyl (C=O) groups excluding carboxylic acids is 1. The van der Waals surface area contributed by atoms with E-state index < -0.39 is 0 Å². The Morgan fingerprint density at radius 2 is 2.14 bits per heavy atom. The molecule has 5 nitrogen and oxygen atoms in total. The number of ether oxygens (including phenoxy) is 3. The van der Waals surface area contributed by atoms with Crippen molar-refractivity contribution in [3.63, 3.8) is 0 Å². The molecule has 2 aliphatic heterocycles. The number of hydrogen-bond donors (Lipinski definition) is 0. The minimum Gasteiger partial charge on any atom is -0.493 e. The first-order chi connectivity index (χ1) is 10.7. The highest BCUT2D eigenvalue weighted by Gasteiger charge is 2.35. The van der Waals surface area contributed by atoms with Gasteiger partial charge in [-0.3, -0.25) is 4.79 Å². The Kier molecular flexibility index (Phi) is 4.78. The summed E-state index contributed by atoms with van der Waals surface area (Å²) in [6.45, 7) is 1.48. The van der Waals surface area contributed by atoms with Crippen LogP contribution in [0.3, 0.4) is 0 Å². The number of benzene rings is 1. The lowest BCUT2D eigenvalue weighted by Gasteiger charge is -2.27. The number of hydrogen-bond acceptors (Lipinski definition) is 5. The highest BCUT2D eigenvalue weighted by molar-refractivity contribution is 8.00. The van der Waals surface area contributed by atoms with E-state index >= 15 is 0 Å². The van der Waals surface area contributed by atoms with Gasteiger partial charge >= 0.3 is 0 Å². The van der Waals surface area contributed by atoms with Crippen molar-refractivity contribution in [3.8, 4) is 11.5 Å². The third-order valence-electron chi connectivity index (χ3n) is 4.09. The average molecular weight is 323 g/mol. The van der Waals surface area contributed by atoms with Crippen LogP contribution in [-0.2, 0) is 9.53 Å². The molecule has 1 aromatic rings. The molecule has 0 aromatic heterocycles. The highest BCUT2D eigenvalue weighted by Crippen LogP contribution is 2.41. The van der Waals surface area contributed by atoms with E-state index in [9.17, 15) is 4.79 Å². The lowest BCUT2D eigenvalue weighted by atomic mass is 10.1. The molecule has 2 saturated heterocycles. The summed E-state index contributed by atoms with van der Waals surface area (Å²) in [5, 5.41) is 0.0245. The van der Waals surface area contributed by atoms with Gasteiger partial charge in [-0.1, -0.05) is 6.07 Å². The van der Waals surface area contributed by atoms with Gasteiger partial charge in [0, 0.05) is 13.2 Å². The van der Waals surface area contributed by atoms with Crippen molar-refractivity contribution in [2.45, 2.75) is 24.3 Å². The Balaban J connectivity index is 1.80. The average Bonchev–Trinajstić information content (AvgIpc) is 3.18. The van der Waals surface area contributed by atoms with Gasteiger partial charge in [0.1, 0.15) is 5.37 Å². The van der Waals surface area contributed by atoms with E-state index in [1.54, 1.807) is 26.0 Å². The summed E-state index contributed by atoms with van der Waals surface area (Å²) >= 11 is 1.65. The Labute approximate surface area is 134 Å². The first-order valence-corrected chi connectivity index (χ1v) is 8.52. The summed E-state index contributed by atoms with van der Waals surface area (Å²) in [7, 11) is 3.24.